The molecule has 3 heteroatoms. The Morgan fingerprint density at radius 1 is 0.952 bits per heavy atom. The first kappa shape index (κ1) is 13.7. The SMILES string of the molecule is c1cc(C2CC2)ccc1CN1CCN(C2CCNC2)CC1. The van der Waals surface area contributed by atoms with Crippen molar-refractivity contribution in [2.24, 2.45) is 0 Å². The van der Waals surface area contributed by atoms with Gasteiger partial charge in [0.05, 0.1) is 0 Å². The lowest BCUT2D eigenvalue weighted by molar-refractivity contribution is 0.0981. The second-order valence-electron chi connectivity index (χ2n) is 6.97. The lowest BCUT2D eigenvalue weighted by atomic mass is 10.1. The zero-order valence-electron chi connectivity index (χ0n) is 12.9. The normalized spacial score (nSPS) is 28.1. The van der Waals surface area contributed by atoms with Crippen LogP contribution in [-0.2, 0) is 6.54 Å². The van der Waals surface area contributed by atoms with Crippen LogP contribution in [0.1, 0.15) is 36.3 Å². The predicted molar refractivity (Wildman–Crippen MR) is 86.5 cm³/mol. The summed E-state index contributed by atoms with van der Waals surface area (Å²) in [5.41, 5.74) is 3.03. The summed E-state index contributed by atoms with van der Waals surface area (Å²) in [5.74, 6) is 0.877. The quantitative estimate of drug-likeness (QED) is 0.913. The molecule has 2 aliphatic heterocycles. The molecule has 0 amide bonds. The zero-order chi connectivity index (χ0) is 14.1. The lowest BCUT2D eigenvalue weighted by Crippen LogP contribution is -2.50. The third-order valence-electron chi connectivity index (χ3n) is 5.39. The Balaban J connectivity index is 1.27. The van der Waals surface area contributed by atoms with Crippen molar-refractivity contribution in [3.8, 4) is 0 Å². The Hall–Kier alpha value is -0.900. The Morgan fingerprint density at radius 2 is 1.71 bits per heavy atom. The predicted octanol–water partition coefficient (Wildman–Crippen LogP) is 2.04. The molecule has 0 aromatic heterocycles. The second kappa shape index (κ2) is 6.07. The van der Waals surface area contributed by atoms with Crippen LogP contribution in [0.3, 0.4) is 0 Å². The van der Waals surface area contributed by atoms with E-state index in [-0.39, 0.29) is 0 Å². The largest absolute Gasteiger partial charge is 0.315 e. The van der Waals surface area contributed by atoms with Gasteiger partial charge in [-0.3, -0.25) is 9.80 Å². The molecule has 1 aliphatic carbocycles. The molecule has 1 N–H and O–H groups in total. The fraction of sp³-hybridized carbons (Fsp3) is 0.667. The maximum atomic E-state index is 3.48. The molecule has 2 saturated heterocycles. The highest BCUT2D eigenvalue weighted by atomic mass is 15.3. The highest BCUT2D eigenvalue weighted by Gasteiger charge is 2.26. The summed E-state index contributed by atoms with van der Waals surface area (Å²) >= 11 is 0. The first-order valence-electron chi connectivity index (χ1n) is 8.64. The minimum atomic E-state index is 0.796. The molecule has 3 nitrogen and oxygen atoms in total. The number of piperazine rings is 1. The second-order valence-corrected chi connectivity index (χ2v) is 6.97. The molecule has 3 aliphatic rings. The molecule has 1 atom stereocenters. The average Bonchev–Trinajstić information content (AvgIpc) is 3.23. The van der Waals surface area contributed by atoms with E-state index in [0.717, 1.165) is 18.5 Å². The van der Waals surface area contributed by atoms with Crippen LogP contribution in [0.15, 0.2) is 24.3 Å². The monoisotopic (exact) mass is 285 g/mol. The molecule has 4 rings (SSSR count). The van der Waals surface area contributed by atoms with Crippen LogP contribution in [0.4, 0.5) is 0 Å². The molecule has 2 heterocycles. The number of nitrogens with zero attached hydrogens (tertiary/aromatic N) is 2. The lowest BCUT2D eigenvalue weighted by Gasteiger charge is -2.37. The van der Waals surface area contributed by atoms with Crippen LogP contribution in [0.2, 0.25) is 0 Å². The van der Waals surface area contributed by atoms with E-state index in [9.17, 15) is 0 Å². The summed E-state index contributed by atoms with van der Waals surface area (Å²) in [6.45, 7) is 8.46. The van der Waals surface area contributed by atoms with Gasteiger partial charge >= 0.3 is 0 Å². The number of hydrogen-bond acceptors (Lipinski definition) is 3. The highest BCUT2D eigenvalue weighted by Crippen LogP contribution is 2.39. The number of rotatable bonds is 4. The van der Waals surface area contributed by atoms with Gasteiger partial charge in [-0.1, -0.05) is 24.3 Å². The van der Waals surface area contributed by atoms with Gasteiger partial charge in [-0.2, -0.15) is 0 Å². The molecule has 0 radical (unpaired) electrons. The molecule has 0 bridgehead atoms. The van der Waals surface area contributed by atoms with E-state index in [1.807, 2.05) is 0 Å². The zero-order valence-corrected chi connectivity index (χ0v) is 12.9. The summed E-state index contributed by atoms with van der Waals surface area (Å²) in [5, 5.41) is 3.48. The summed E-state index contributed by atoms with van der Waals surface area (Å²) in [6, 6.07) is 10.2. The van der Waals surface area contributed by atoms with Gasteiger partial charge in [0, 0.05) is 45.3 Å². The maximum absolute atomic E-state index is 3.48. The fourth-order valence-corrected chi connectivity index (χ4v) is 3.81. The Kier molecular flexibility index (Phi) is 3.97. The third kappa shape index (κ3) is 3.31. The van der Waals surface area contributed by atoms with Crippen molar-refractivity contribution in [3.05, 3.63) is 35.4 Å². The smallest absolute Gasteiger partial charge is 0.0234 e. The molecule has 114 valence electrons. The summed E-state index contributed by atoms with van der Waals surface area (Å²) in [4.78, 5) is 5.30. The van der Waals surface area contributed by atoms with Gasteiger partial charge in [0.15, 0.2) is 0 Å². The molecule has 21 heavy (non-hydrogen) atoms. The van der Waals surface area contributed by atoms with Crippen molar-refractivity contribution in [1.29, 1.82) is 0 Å². The Bertz CT molecular complexity index is 452. The molecular weight excluding hydrogens is 258 g/mol. The van der Waals surface area contributed by atoms with E-state index >= 15 is 0 Å². The summed E-state index contributed by atoms with van der Waals surface area (Å²) in [7, 11) is 0. The summed E-state index contributed by atoms with van der Waals surface area (Å²) in [6.07, 6.45) is 4.14. The van der Waals surface area contributed by atoms with E-state index in [1.54, 1.807) is 5.56 Å². The first-order chi connectivity index (χ1) is 10.4. The van der Waals surface area contributed by atoms with Crippen LogP contribution >= 0.6 is 0 Å². The Morgan fingerprint density at radius 3 is 2.33 bits per heavy atom. The van der Waals surface area contributed by atoms with Gasteiger partial charge < -0.3 is 5.32 Å². The highest BCUT2D eigenvalue weighted by molar-refractivity contribution is 5.28. The number of hydrogen-bond donors (Lipinski definition) is 1. The van der Waals surface area contributed by atoms with E-state index < -0.39 is 0 Å². The topological polar surface area (TPSA) is 18.5 Å². The van der Waals surface area contributed by atoms with Crippen molar-refractivity contribution in [2.75, 3.05) is 39.3 Å². The van der Waals surface area contributed by atoms with Gasteiger partial charge in [-0.25, -0.2) is 0 Å². The van der Waals surface area contributed by atoms with Gasteiger partial charge in [0.1, 0.15) is 0 Å². The van der Waals surface area contributed by atoms with Crippen molar-refractivity contribution in [3.63, 3.8) is 0 Å². The molecule has 1 aromatic carbocycles. The molecular formula is C18H27N3. The number of nitrogens with one attached hydrogen (secondary N) is 1. The van der Waals surface area contributed by atoms with Gasteiger partial charge in [-0.05, 0) is 42.9 Å². The Labute approximate surface area is 128 Å². The molecule has 0 spiro atoms. The van der Waals surface area contributed by atoms with Crippen LogP contribution < -0.4 is 5.32 Å². The average molecular weight is 285 g/mol. The van der Waals surface area contributed by atoms with Gasteiger partial charge in [0.2, 0.25) is 0 Å². The van der Waals surface area contributed by atoms with Crippen molar-refractivity contribution in [2.45, 2.75) is 37.8 Å². The van der Waals surface area contributed by atoms with Crippen molar-refractivity contribution in [1.82, 2.24) is 15.1 Å². The minimum absolute atomic E-state index is 0.796. The van der Waals surface area contributed by atoms with Crippen LogP contribution in [0.25, 0.3) is 0 Å². The van der Waals surface area contributed by atoms with E-state index in [4.69, 9.17) is 0 Å². The fourth-order valence-electron chi connectivity index (χ4n) is 3.81. The number of benzene rings is 1. The standard InChI is InChI=1S/C18H27N3/c1-3-16(17-5-6-17)4-2-15(1)14-20-9-11-21(12-10-20)18-7-8-19-13-18/h1-4,17-19H,5-14H2. The van der Waals surface area contributed by atoms with Crippen molar-refractivity contribution >= 4 is 0 Å². The van der Waals surface area contributed by atoms with Gasteiger partial charge in [0.25, 0.3) is 0 Å². The van der Waals surface area contributed by atoms with Gasteiger partial charge in [-0.15, -0.1) is 0 Å². The summed E-state index contributed by atoms with van der Waals surface area (Å²) < 4.78 is 0. The molecule has 1 unspecified atom stereocenters. The maximum Gasteiger partial charge on any atom is 0.0234 e. The van der Waals surface area contributed by atoms with E-state index in [1.165, 1.54) is 64.1 Å². The van der Waals surface area contributed by atoms with E-state index in [2.05, 4.69) is 39.4 Å². The van der Waals surface area contributed by atoms with Crippen LogP contribution in [0, 0.1) is 0 Å². The minimum Gasteiger partial charge on any atom is -0.315 e. The van der Waals surface area contributed by atoms with Crippen LogP contribution in [-0.4, -0.2) is 55.1 Å². The molecule has 1 aromatic rings. The van der Waals surface area contributed by atoms with Crippen LogP contribution in [0.5, 0.6) is 0 Å². The first-order valence-corrected chi connectivity index (χ1v) is 8.64. The van der Waals surface area contributed by atoms with Crippen molar-refractivity contribution < 1.29 is 0 Å². The third-order valence-corrected chi connectivity index (χ3v) is 5.39. The van der Waals surface area contributed by atoms with E-state index in [0.29, 0.717) is 0 Å². The molecule has 3 fully saturated rings. The molecule has 1 saturated carbocycles.